The normalized spacial score (nSPS) is 11.4. The lowest BCUT2D eigenvalue weighted by Crippen LogP contribution is -2.32. The van der Waals surface area contributed by atoms with Crippen LogP contribution in [0.1, 0.15) is 0 Å². The lowest BCUT2D eigenvalue weighted by atomic mass is 10.3. The zero-order chi connectivity index (χ0) is 12.9. The minimum absolute atomic E-state index is 0.0161. The fraction of sp³-hybridized carbons (Fsp3) is 0.333. The molecule has 0 aliphatic rings. The van der Waals surface area contributed by atoms with E-state index >= 15 is 0 Å². The van der Waals surface area contributed by atoms with Crippen LogP contribution in [0.25, 0.3) is 0 Å². The van der Waals surface area contributed by atoms with Gasteiger partial charge in [0.2, 0.25) is 0 Å². The first kappa shape index (κ1) is 14.0. The number of nitrogens with one attached hydrogen (secondary N) is 2. The molecule has 8 heteroatoms. The van der Waals surface area contributed by atoms with E-state index in [0.29, 0.717) is 0 Å². The van der Waals surface area contributed by atoms with Crippen molar-refractivity contribution in [2.75, 3.05) is 25.0 Å². The molecule has 6 nitrogen and oxygen atoms in total. The zero-order valence-corrected chi connectivity index (χ0v) is 10.7. The van der Waals surface area contributed by atoms with Gasteiger partial charge in [-0.1, -0.05) is 17.7 Å². The molecule has 0 saturated carbocycles. The number of benzene rings is 1. The Labute approximate surface area is 105 Å². The topological polar surface area (TPSA) is 87.7 Å². The third-order valence-corrected chi connectivity index (χ3v) is 3.21. The molecule has 0 bridgehead atoms. The fourth-order valence-corrected chi connectivity index (χ4v) is 2.11. The summed E-state index contributed by atoms with van der Waals surface area (Å²) in [6.45, 7) is 0.385. The standard InChI is InChI=1S/C9H13ClN2O4S/c1-16-6-5-11-17(14,15)12-8-4-2-3-7(10)9(8)13/h2-4,11-13H,5-6H2,1H3. The molecule has 0 aliphatic carbocycles. The number of anilines is 1. The predicted octanol–water partition coefficient (Wildman–Crippen LogP) is 0.938. The molecule has 3 N–H and O–H groups in total. The highest BCUT2D eigenvalue weighted by Gasteiger charge is 2.13. The van der Waals surface area contributed by atoms with Gasteiger partial charge >= 0.3 is 0 Å². The van der Waals surface area contributed by atoms with Crippen molar-refractivity contribution in [3.63, 3.8) is 0 Å². The molecule has 1 aromatic carbocycles. The molecular formula is C9H13ClN2O4S. The highest BCUT2D eigenvalue weighted by atomic mass is 35.5. The molecule has 1 rings (SSSR count). The molecule has 0 radical (unpaired) electrons. The maximum atomic E-state index is 11.5. The maximum absolute atomic E-state index is 11.5. The Kier molecular flexibility index (Phi) is 5.01. The van der Waals surface area contributed by atoms with Crippen molar-refractivity contribution in [1.82, 2.24) is 4.72 Å². The summed E-state index contributed by atoms with van der Waals surface area (Å²) in [7, 11) is -2.28. The van der Waals surface area contributed by atoms with Crippen LogP contribution in [-0.4, -0.2) is 33.8 Å². The Bertz CT molecular complexity index is 478. The number of rotatable bonds is 6. The average Bonchev–Trinajstić information content (AvgIpc) is 2.25. The quantitative estimate of drug-likeness (QED) is 0.534. The zero-order valence-electron chi connectivity index (χ0n) is 9.10. The summed E-state index contributed by atoms with van der Waals surface area (Å²) in [5, 5.41) is 9.59. The van der Waals surface area contributed by atoms with Crippen molar-refractivity contribution in [2.45, 2.75) is 0 Å². The molecule has 0 aliphatic heterocycles. The molecule has 0 aromatic heterocycles. The smallest absolute Gasteiger partial charge is 0.299 e. The number of phenols is 1. The molecule has 0 unspecified atom stereocenters. The highest BCUT2D eigenvalue weighted by Crippen LogP contribution is 2.31. The number of aromatic hydroxyl groups is 1. The van der Waals surface area contributed by atoms with Gasteiger partial charge in [0.25, 0.3) is 10.2 Å². The van der Waals surface area contributed by atoms with Crippen LogP contribution >= 0.6 is 11.6 Å². The summed E-state index contributed by atoms with van der Waals surface area (Å²) in [6, 6.07) is 4.37. The molecule has 96 valence electrons. The second-order valence-corrected chi connectivity index (χ2v) is 5.04. The van der Waals surface area contributed by atoms with Crippen molar-refractivity contribution in [2.24, 2.45) is 0 Å². The van der Waals surface area contributed by atoms with E-state index in [-0.39, 0.29) is 29.6 Å². The SMILES string of the molecule is COCCNS(=O)(=O)Nc1cccc(Cl)c1O. The van der Waals surface area contributed by atoms with Gasteiger partial charge in [0, 0.05) is 13.7 Å². The van der Waals surface area contributed by atoms with Crippen molar-refractivity contribution >= 4 is 27.5 Å². The molecule has 0 fully saturated rings. The Balaban J connectivity index is 2.73. The van der Waals surface area contributed by atoms with Crippen molar-refractivity contribution in [3.05, 3.63) is 23.2 Å². The first-order valence-electron chi connectivity index (χ1n) is 4.70. The second kappa shape index (κ2) is 6.06. The van der Waals surface area contributed by atoms with Crippen LogP contribution in [0.3, 0.4) is 0 Å². The van der Waals surface area contributed by atoms with Gasteiger partial charge in [0.1, 0.15) is 0 Å². The summed E-state index contributed by atoms with van der Waals surface area (Å²) in [5.74, 6) is -0.314. The van der Waals surface area contributed by atoms with Gasteiger partial charge in [-0.15, -0.1) is 0 Å². The Morgan fingerprint density at radius 1 is 1.47 bits per heavy atom. The van der Waals surface area contributed by atoms with E-state index in [9.17, 15) is 13.5 Å². The summed E-state index contributed by atoms with van der Waals surface area (Å²) < 4.78 is 32.1. The van der Waals surface area contributed by atoms with Gasteiger partial charge in [-0.25, -0.2) is 0 Å². The summed E-state index contributed by atoms with van der Waals surface area (Å²) in [4.78, 5) is 0. The lowest BCUT2D eigenvalue weighted by molar-refractivity contribution is 0.204. The van der Waals surface area contributed by atoms with Crippen molar-refractivity contribution < 1.29 is 18.3 Å². The largest absolute Gasteiger partial charge is 0.504 e. The van der Waals surface area contributed by atoms with E-state index in [0.717, 1.165) is 0 Å². The molecule has 0 heterocycles. The molecule has 0 amide bonds. The minimum Gasteiger partial charge on any atom is -0.504 e. The van der Waals surface area contributed by atoms with Crippen LogP contribution in [0, 0.1) is 0 Å². The molecule has 17 heavy (non-hydrogen) atoms. The lowest BCUT2D eigenvalue weighted by Gasteiger charge is -2.10. The van der Waals surface area contributed by atoms with E-state index in [2.05, 4.69) is 9.44 Å². The van der Waals surface area contributed by atoms with Crippen molar-refractivity contribution in [3.8, 4) is 5.75 Å². The first-order valence-corrected chi connectivity index (χ1v) is 6.56. The number of hydrogen-bond donors (Lipinski definition) is 3. The Morgan fingerprint density at radius 3 is 2.82 bits per heavy atom. The predicted molar refractivity (Wildman–Crippen MR) is 65.5 cm³/mol. The monoisotopic (exact) mass is 280 g/mol. The number of halogens is 1. The Morgan fingerprint density at radius 2 is 2.18 bits per heavy atom. The number of para-hydroxylation sites is 1. The van der Waals surface area contributed by atoms with E-state index in [4.69, 9.17) is 16.3 Å². The Hall–Kier alpha value is -1.02. The third-order valence-electron chi connectivity index (χ3n) is 1.83. The second-order valence-electron chi connectivity index (χ2n) is 3.13. The maximum Gasteiger partial charge on any atom is 0.299 e. The summed E-state index contributed by atoms with van der Waals surface area (Å²) in [5.41, 5.74) is 0.0161. The van der Waals surface area contributed by atoms with E-state index in [1.165, 1.54) is 25.3 Å². The van der Waals surface area contributed by atoms with Crippen LogP contribution in [-0.2, 0) is 14.9 Å². The third kappa shape index (κ3) is 4.39. The molecular weight excluding hydrogens is 268 g/mol. The molecule has 1 aromatic rings. The highest BCUT2D eigenvalue weighted by molar-refractivity contribution is 7.90. The van der Waals surface area contributed by atoms with E-state index in [1.54, 1.807) is 0 Å². The van der Waals surface area contributed by atoms with Gasteiger partial charge in [-0.05, 0) is 12.1 Å². The van der Waals surface area contributed by atoms with Gasteiger partial charge in [0.05, 0.1) is 17.3 Å². The number of hydrogen-bond acceptors (Lipinski definition) is 4. The molecule has 0 atom stereocenters. The summed E-state index contributed by atoms with van der Waals surface area (Å²) in [6.07, 6.45) is 0. The number of methoxy groups -OCH3 is 1. The fourth-order valence-electron chi connectivity index (χ4n) is 1.06. The van der Waals surface area contributed by atoms with Crippen LogP contribution < -0.4 is 9.44 Å². The summed E-state index contributed by atoms with van der Waals surface area (Å²) >= 11 is 5.64. The average molecular weight is 281 g/mol. The van der Waals surface area contributed by atoms with Gasteiger partial charge in [-0.3, -0.25) is 4.72 Å². The van der Waals surface area contributed by atoms with E-state index in [1.807, 2.05) is 0 Å². The van der Waals surface area contributed by atoms with Gasteiger partial charge in [-0.2, -0.15) is 13.1 Å². The number of ether oxygens (including phenoxy) is 1. The van der Waals surface area contributed by atoms with Crippen molar-refractivity contribution in [1.29, 1.82) is 0 Å². The molecule has 0 spiro atoms. The van der Waals surface area contributed by atoms with Crippen LogP contribution in [0.2, 0.25) is 5.02 Å². The van der Waals surface area contributed by atoms with Gasteiger partial charge < -0.3 is 9.84 Å². The minimum atomic E-state index is -3.74. The van der Waals surface area contributed by atoms with Gasteiger partial charge in [0.15, 0.2) is 5.75 Å². The van der Waals surface area contributed by atoms with Crippen LogP contribution in [0.4, 0.5) is 5.69 Å². The molecule has 0 saturated heterocycles. The first-order chi connectivity index (χ1) is 7.96. The van der Waals surface area contributed by atoms with E-state index < -0.39 is 10.2 Å². The van der Waals surface area contributed by atoms with Crippen LogP contribution in [0.15, 0.2) is 18.2 Å². The van der Waals surface area contributed by atoms with Crippen LogP contribution in [0.5, 0.6) is 5.75 Å². The number of phenolic OH excluding ortho intramolecular Hbond substituents is 1.